The van der Waals surface area contributed by atoms with Gasteiger partial charge in [0.05, 0.1) is 18.1 Å². The predicted molar refractivity (Wildman–Crippen MR) is 134 cm³/mol. The van der Waals surface area contributed by atoms with Gasteiger partial charge in [0.25, 0.3) is 0 Å². The standard InChI is InChI=1S/C25H30FN7/c1-16(2)25(28-3)20-12-17(4-6-22(20)27)19-13-24(31-15-21(19)26)32-23-7-5-18(14-30-23)33-10-8-29-9-11-33/h4-7,12-16,29H,8-11,27H2,1-3H3,(H,30,31,32). The van der Waals surface area contributed by atoms with E-state index in [9.17, 15) is 4.39 Å². The zero-order chi connectivity index (χ0) is 23.4. The van der Waals surface area contributed by atoms with Gasteiger partial charge < -0.3 is 21.3 Å². The van der Waals surface area contributed by atoms with Crippen LogP contribution >= 0.6 is 0 Å². The van der Waals surface area contributed by atoms with E-state index in [1.165, 1.54) is 6.20 Å². The topological polar surface area (TPSA) is 91.5 Å². The van der Waals surface area contributed by atoms with Gasteiger partial charge in [-0.05, 0) is 41.8 Å². The molecule has 0 amide bonds. The highest BCUT2D eigenvalue weighted by atomic mass is 19.1. The molecular formula is C25H30FN7. The summed E-state index contributed by atoms with van der Waals surface area (Å²) in [6.07, 6.45) is 3.07. The van der Waals surface area contributed by atoms with Crippen molar-refractivity contribution in [2.75, 3.05) is 49.2 Å². The first-order chi connectivity index (χ1) is 16.0. The normalized spacial score (nSPS) is 14.6. The number of aliphatic imine (C=N–C) groups is 1. The number of piperazine rings is 1. The highest BCUT2D eigenvalue weighted by molar-refractivity contribution is 6.06. The van der Waals surface area contributed by atoms with Crippen LogP contribution < -0.4 is 21.3 Å². The maximum atomic E-state index is 14.7. The summed E-state index contributed by atoms with van der Waals surface area (Å²) in [4.78, 5) is 15.4. The van der Waals surface area contributed by atoms with Crippen LogP contribution in [0.2, 0.25) is 0 Å². The van der Waals surface area contributed by atoms with Crippen LogP contribution in [0.5, 0.6) is 0 Å². The Morgan fingerprint density at radius 1 is 1.09 bits per heavy atom. The largest absolute Gasteiger partial charge is 0.398 e. The van der Waals surface area contributed by atoms with Crippen LogP contribution in [-0.4, -0.2) is 48.9 Å². The third kappa shape index (κ3) is 5.12. The fourth-order valence-corrected chi connectivity index (χ4v) is 4.06. The lowest BCUT2D eigenvalue weighted by atomic mass is 9.94. The average Bonchev–Trinajstić information content (AvgIpc) is 2.83. The molecule has 0 radical (unpaired) electrons. The Morgan fingerprint density at radius 3 is 2.52 bits per heavy atom. The molecular weight excluding hydrogens is 417 g/mol. The molecule has 3 aromatic rings. The Balaban J connectivity index is 1.58. The number of halogens is 1. The van der Waals surface area contributed by atoms with Crippen LogP contribution in [0, 0.1) is 11.7 Å². The van der Waals surface area contributed by atoms with Crippen molar-refractivity contribution in [3.63, 3.8) is 0 Å². The van der Waals surface area contributed by atoms with Gasteiger partial charge in [0.1, 0.15) is 17.5 Å². The number of nitrogen functional groups attached to an aromatic ring is 1. The number of nitrogens with zero attached hydrogens (tertiary/aromatic N) is 4. The molecule has 1 fully saturated rings. The molecule has 1 aromatic carbocycles. The minimum Gasteiger partial charge on any atom is -0.398 e. The number of nitrogens with two attached hydrogens (primary N) is 1. The Bertz CT molecular complexity index is 1140. The van der Waals surface area contributed by atoms with Gasteiger partial charge in [-0.2, -0.15) is 0 Å². The highest BCUT2D eigenvalue weighted by Crippen LogP contribution is 2.30. The Kier molecular flexibility index (Phi) is 6.84. The van der Waals surface area contributed by atoms with Crippen LogP contribution in [-0.2, 0) is 0 Å². The summed E-state index contributed by atoms with van der Waals surface area (Å²) in [5, 5.41) is 6.53. The molecule has 4 rings (SSSR count). The molecule has 1 aliphatic heterocycles. The lowest BCUT2D eigenvalue weighted by molar-refractivity contribution is 0.589. The first kappa shape index (κ1) is 22.7. The highest BCUT2D eigenvalue weighted by Gasteiger charge is 2.15. The first-order valence-electron chi connectivity index (χ1n) is 11.2. The SMILES string of the molecule is CN=C(c1cc(-c2cc(Nc3ccc(N4CCNCC4)cn3)ncc2F)ccc1N)C(C)C. The molecule has 4 N–H and O–H groups in total. The minimum atomic E-state index is -0.405. The molecule has 8 heteroatoms. The second kappa shape index (κ2) is 9.95. The number of hydrogen-bond donors (Lipinski definition) is 3. The van der Waals surface area contributed by atoms with Gasteiger partial charge in [-0.25, -0.2) is 14.4 Å². The summed E-state index contributed by atoms with van der Waals surface area (Å²) in [6.45, 7) is 7.98. The molecule has 1 aliphatic rings. The van der Waals surface area contributed by atoms with Crippen LogP contribution in [0.25, 0.3) is 11.1 Å². The van der Waals surface area contributed by atoms with E-state index in [0.29, 0.717) is 28.5 Å². The van der Waals surface area contributed by atoms with Crippen LogP contribution in [0.3, 0.4) is 0 Å². The third-order valence-corrected chi connectivity index (χ3v) is 5.77. The minimum absolute atomic E-state index is 0.197. The Morgan fingerprint density at radius 2 is 1.85 bits per heavy atom. The van der Waals surface area contributed by atoms with Gasteiger partial charge in [-0.1, -0.05) is 19.9 Å². The van der Waals surface area contributed by atoms with E-state index < -0.39 is 5.82 Å². The van der Waals surface area contributed by atoms with Crippen LogP contribution in [0.4, 0.5) is 27.4 Å². The lowest BCUT2D eigenvalue weighted by Crippen LogP contribution is -2.43. The average molecular weight is 448 g/mol. The Labute approximate surface area is 194 Å². The van der Waals surface area contributed by atoms with Gasteiger partial charge in [0.2, 0.25) is 0 Å². The number of rotatable bonds is 6. The van der Waals surface area contributed by atoms with E-state index >= 15 is 0 Å². The van der Waals surface area contributed by atoms with E-state index in [1.807, 2.05) is 30.5 Å². The smallest absolute Gasteiger partial charge is 0.149 e. The fourth-order valence-electron chi connectivity index (χ4n) is 4.06. The molecule has 33 heavy (non-hydrogen) atoms. The van der Waals surface area contributed by atoms with Gasteiger partial charge in [-0.3, -0.25) is 4.99 Å². The number of pyridine rings is 2. The molecule has 0 aliphatic carbocycles. The number of benzene rings is 1. The summed E-state index contributed by atoms with van der Waals surface area (Å²) in [7, 11) is 1.75. The number of hydrogen-bond acceptors (Lipinski definition) is 7. The van der Waals surface area contributed by atoms with Gasteiger partial charge in [-0.15, -0.1) is 0 Å². The van der Waals surface area contributed by atoms with Crippen molar-refractivity contribution < 1.29 is 4.39 Å². The van der Waals surface area contributed by atoms with Crippen LogP contribution in [0.1, 0.15) is 19.4 Å². The predicted octanol–water partition coefficient (Wildman–Crippen LogP) is 4.09. The quantitative estimate of drug-likeness (QED) is 0.389. The van der Waals surface area contributed by atoms with Crippen molar-refractivity contribution in [1.82, 2.24) is 15.3 Å². The van der Waals surface area contributed by atoms with Crippen molar-refractivity contribution in [2.24, 2.45) is 10.9 Å². The van der Waals surface area contributed by atoms with Crippen molar-refractivity contribution >= 4 is 28.7 Å². The molecule has 7 nitrogen and oxygen atoms in total. The summed E-state index contributed by atoms with van der Waals surface area (Å²) >= 11 is 0. The number of aromatic nitrogens is 2. The summed E-state index contributed by atoms with van der Waals surface area (Å²) < 4.78 is 14.7. The molecule has 0 atom stereocenters. The van der Waals surface area contributed by atoms with Crippen molar-refractivity contribution in [3.8, 4) is 11.1 Å². The third-order valence-electron chi connectivity index (χ3n) is 5.77. The molecule has 3 heterocycles. The molecule has 172 valence electrons. The van der Waals surface area contributed by atoms with Gasteiger partial charge >= 0.3 is 0 Å². The lowest BCUT2D eigenvalue weighted by Gasteiger charge is -2.29. The molecule has 0 unspecified atom stereocenters. The zero-order valence-corrected chi connectivity index (χ0v) is 19.3. The van der Waals surface area contributed by atoms with Crippen molar-refractivity contribution in [1.29, 1.82) is 0 Å². The summed E-state index contributed by atoms with van der Waals surface area (Å²) in [5.41, 5.74) is 10.8. The van der Waals surface area contributed by atoms with Gasteiger partial charge in [0, 0.05) is 55.8 Å². The first-order valence-corrected chi connectivity index (χ1v) is 11.2. The second-order valence-electron chi connectivity index (χ2n) is 8.38. The second-order valence-corrected chi connectivity index (χ2v) is 8.38. The summed E-state index contributed by atoms with van der Waals surface area (Å²) in [5.74, 6) is 0.956. The Hall–Kier alpha value is -3.52. The van der Waals surface area contributed by atoms with Crippen LogP contribution in [0.15, 0.2) is 53.8 Å². The number of nitrogens with one attached hydrogen (secondary N) is 2. The number of anilines is 4. The maximum absolute atomic E-state index is 14.7. The van der Waals surface area contributed by atoms with E-state index in [0.717, 1.165) is 43.1 Å². The fraction of sp³-hybridized carbons (Fsp3) is 0.320. The molecule has 0 bridgehead atoms. The monoisotopic (exact) mass is 447 g/mol. The molecule has 0 spiro atoms. The van der Waals surface area contributed by atoms with E-state index in [2.05, 4.69) is 44.3 Å². The molecule has 1 saturated heterocycles. The van der Waals surface area contributed by atoms with E-state index in [4.69, 9.17) is 5.73 Å². The van der Waals surface area contributed by atoms with Crippen molar-refractivity contribution in [2.45, 2.75) is 13.8 Å². The van der Waals surface area contributed by atoms with Gasteiger partial charge in [0.15, 0.2) is 0 Å². The van der Waals surface area contributed by atoms with E-state index in [-0.39, 0.29) is 5.92 Å². The molecule has 0 saturated carbocycles. The molecule has 2 aromatic heterocycles. The van der Waals surface area contributed by atoms with Crippen molar-refractivity contribution in [3.05, 3.63) is 60.2 Å². The summed E-state index contributed by atoms with van der Waals surface area (Å²) in [6, 6.07) is 11.1. The zero-order valence-electron chi connectivity index (χ0n) is 19.3. The maximum Gasteiger partial charge on any atom is 0.149 e. The van der Waals surface area contributed by atoms with E-state index in [1.54, 1.807) is 19.2 Å².